The lowest BCUT2D eigenvalue weighted by atomic mass is 10.1. The Bertz CT molecular complexity index is 1030. The molecule has 0 N–H and O–H groups in total. The van der Waals surface area contributed by atoms with Gasteiger partial charge in [-0.3, -0.25) is 24.2 Å². The predicted octanol–water partition coefficient (Wildman–Crippen LogP) is 3.11. The molecule has 33 heavy (non-hydrogen) atoms. The van der Waals surface area contributed by atoms with Gasteiger partial charge >= 0.3 is 0 Å². The van der Waals surface area contributed by atoms with E-state index in [4.69, 9.17) is 4.74 Å². The molecule has 1 saturated heterocycles. The largest absolute Gasteiger partial charge is 0.494 e. The van der Waals surface area contributed by atoms with Crippen LogP contribution in [0.3, 0.4) is 0 Å². The molecule has 4 rings (SSSR count). The van der Waals surface area contributed by atoms with Crippen molar-refractivity contribution in [1.82, 2.24) is 14.7 Å². The summed E-state index contributed by atoms with van der Waals surface area (Å²) < 4.78 is 5.49. The van der Waals surface area contributed by atoms with Crippen molar-refractivity contribution >= 4 is 17.7 Å². The Hall–Kier alpha value is -3.19. The lowest BCUT2D eigenvalue weighted by molar-refractivity contribution is -0.133. The maximum absolute atomic E-state index is 12.7. The molecule has 2 aromatic carbocycles. The van der Waals surface area contributed by atoms with Crippen LogP contribution in [0.15, 0.2) is 42.5 Å². The molecule has 0 atom stereocenters. The van der Waals surface area contributed by atoms with Crippen LogP contribution >= 0.6 is 0 Å². The first-order valence-electron chi connectivity index (χ1n) is 11.6. The van der Waals surface area contributed by atoms with Gasteiger partial charge in [-0.25, -0.2) is 0 Å². The SMILES string of the molecule is CCOc1ccc(CN2CCN(C(=O)CCCN3C(=O)c4ccc(C)cc4C3=O)CC2)cc1. The van der Waals surface area contributed by atoms with Gasteiger partial charge in [0.15, 0.2) is 0 Å². The number of hydrogen-bond donors (Lipinski definition) is 0. The molecule has 3 amide bonds. The molecule has 0 saturated carbocycles. The van der Waals surface area contributed by atoms with E-state index in [0.29, 0.717) is 43.7 Å². The fraction of sp³-hybridized carbons (Fsp3) is 0.423. The summed E-state index contributed by atoms with van der Waals surface area (Å²) in [5, 5.41) is 0. The Morgan fingerprint density at radius 2 is 1.64 bits per heavy atom. The second-order valence-corrected chi connectivity index (χ2v) is 8.65. The first-order valence-corrected chi connectivity index (χ1v) is 11.6. The van der Waals surface area contributed by atoms with Crippen LogP contribution in [0.4, 0.5) is 0 Å². The zero-order chi connectivity index (χ0) is 23.4. The Balaban J connectivity index is 1.20. The highest BCUT2D eigenvalue weighted by molar-refractivity contribution is 6.21. The first kappa shape index (κ1) is 23.0. The Kier molecular flexibility index (Phi) is 7.08. The van der Waals surface area contributed by atoms with Crippen molar-refractivity contribution in [2.45, 2.75) is 33.2 Å². The molecule has 1 fully saturated rings. The summed E-state index contributed by atoms with van der Waals surface area (Å²) >= 11 is 0. The number of fused-ring (bicyclic) bond motifs is 1. The van der Waals surface area contributed by atoms with Crippen LogP contribution in [0.2, 0.25) is 0 Å². The second kappa shape index (κ2) is 10.2. The van der Waals surface area contributed by atoms with E-state index in [1.807, 2.05) is 36.9 Å². The number of aryl methyl sites for hydroxylation is 1. The van der Waals surface area contributed by atoms with E-state index in [9.17, 15) is 14.4 Å². The minimum atomic E-state index is -0.259. The third-order valence-electron chi connectivity index (χ3n) is 6.26. The lowest BCUT2D eigenvalue weighted by Gasteiger charge is -2.35. The fourth-order valence-electron chi connectivity index (χ4n) is 4.43. The Morgan fingerprint density at radius 1 is 0.939 bits per heavy atom. The standard InChI is InChI=1S/C26H31N3O4/c1-3-33-21-9-7-20(8-10-21)18-27-13-15-28(16-14-27)24(30)5-4-12-29-25(31)22-11-6-19(2)17-23(22)26(29)32/h6-11,17H,3-5,12-16,18H2,1-2H3. The average Bonchev–Trinajstić information content (AvgIpc) is 3.05. The molecule has 2 aliphatic rings. The van der Waals surface area contributed by atoms with Crippen molar-refractivity contribution in [2.24, 2.45) is 0 Å². The van der Waals surface area contributed by atoms with E-state index in [-0.39, 0.29) is 24.3 Å². The molecule has 7 nitrogen and oxygen atoms in total. The molecule has 0 aromatic heterocycles. The van der Waals surface area contributed by atoms with E-state index in [2.05, 4.69) is 17.0 Å². The van der Waals surface area contributed by atoms with Gasteiger partial charge in [-0.1, -0.05) is 23.8 Å². The van der Waals surface area contributed by atoms with Crippen LogP contribution in [0.1, 0.15) is 51.6 Å². The summed E-state index contributed by atoms with van der Waals surface area (Å²) in [6.45, 7) is 8.71. The van der Waals surface area contributed by atoms with Crippen molar-refractivity contribution in [2.75, 3.05) is 39.3 Å². The normalized spacial score (nSPS) is 16.3. The fourth-order valence-corrected chi connectivity index (χ4v) is 4.43. The van der Waals surface area contributed by atoms with Crippen LogP contribution in [0.25, 0.3) is 0 Å². The monoisotopic (exact) mass is 449 g/mol. The summed E-state index contributed by atoms with van der Waals surface area (Å²) in [4.78, 5) is 43.3. The predicted molar refractivity (Wildman–Crippen MR) is 125 cm³/mol. The Labute approximate surface area is 194 Å². The molecule has 174 valence electrons. The second-order valence-electron chi connectivity index (χ2n) is 8.65. The molecule has 2 aromatic rings. The summed E-state index contributed by atoms with van der Waals surface area (Å²) in [5.74, 6) is 0.454. The quantitative estimate of drug-likeness (QED) is 0.579. The first-order chi connectivity index (χ1) is 16.0. The smallest absolute Gasteiger partial charge is 0.261 e. The summed E-state index contributed by atoms with van der Waals surface area (Å²) in [5.41, 5.74) is 3.11. The topological polar surface area (TPSA) is 70.2 Å². The third kappa shape index (κ3) is 5.25. The van der Waals surface area contributed by atoms with Gasteiger partial charge in [0.2, 0.25) is 5.91 Å². The molecular weight excluding hydrogens is 418 g/mol. The van der Waals surface area contributed by atoms with Gasteiger partial charge in [-0.15, -0.1) is 0 Å². The molecule has 0 spiro atoms. The number of carbonyl (C=O) groups is 3. The minimum absolute atomic E-state index is 0.0863. The highest BCUT2D eigenvalue weighted by atomic mass is 16.5. The van der Waals surface area contributed by atoms with E-state index in [1.165, 1.54) is 10.5 Å². The molecule has 0 radical (unpaired) electrons. The van der Waals surface area contributed by atoms with Gasteiger partial charge in [-0.2, -0.15) is 0 Å². The molecule has 0 aliphatic carbocycles. The zero-order valence-corrected chi connectivity index (χ0v) is 19.4. The number of ether oxygens (including phenoxy) is 1. The van der Waals surface area contributed by atoms with E-state index in [0.717, 1.165) is 30.9 Å². The minimum Gasteiger partial charge on any atom is -0.494 e. The van der Waals surface area contributed by atoms with Gasteiger partial charge in [-0.05, 0) is 50.1 Å². The van der Waals surface area contributed by atoms with Gasteiger partial charge in [0.1, 0.15) is 5.75 Å². The number of nitrogens with zero attached hydrogens (tertiary/aromatic N) is 3. The van der Waals surface area contributed by atoms with Gasteiger partial charge in [0, 0.05) is 45.7 Å². The third-order valence-corrected chi connectivity index (χ3v) is 6.26. The number of rotatable bonds is 8. The maximum atomic E-state index is 12.7. The van der Waals surface area contributed by atoms with Crippen LogP contribution in [0.5, 0.6) is 5.75 Å². The molecule has 2 aliphatic heterocycles. The van der Waals surface area contributed by atoms with Crippen LogP contribution in [0, 0.1) is 6.92 Å². The summed E-state index contributed by atoms with van der Waals surface area (Å²) in [6, 6.07) is 13.5. The lowest BCUT2D eigenvalue weighted by Crippen LogP contribution is -2.48. The van der Waals surface area contributed by atoms with E-state index < -0.39 is 0 Å². The van der Waals surface area contributed by atoms with Crippen LogP contribution in [-0.4, -0.2) is 71.8 Å². The van der Waals surface area contributed by atoms with E-state index in [1.54, 1.807) is 12.1 Å². The highest BCUT2D eigenvalue weighted by Gasteiger charge is 2.35. The number of hydrogen-bond acceptors (Lipinski definition) is 5. The molecule has 0 unspecified atom stereocenters. The number of piperazine rings is 1. The number of carbonyl (C=O) groups excluding carboxylic acids is 3. The molecule has 0 bridgehead atoms. The molecular formula is C26H31N3O4. The van der Waals surface area contributed by atoms with Crippen molar-refractivity contribution in [3.63, 3.8) is 0 Å². The summed E-state index contributed by atoms with van der Waals surface area (Å²) in [6.07, 6.45) is 0.820. The van der Waals surface area contributed by atoms with E-state index >= 15 is 0 Å². The van der Waals surface area contributed by atoms with Crippen molar-refractivity contribution in [3.05, 3.63) is 64.7 Å². The van der Waals surface area contributed by atoms with Crippen molar-refractivity contribution in [3.8, 4) is 5.75 Å². The zero-order valence-electron chi connectivity index (χ0n) is 19.4. The number of benzene rings is 2. The van der Waals surface area contributed by atoms with Gasteiger partial charge < -0.3 is 9.64 Å². The summed E-state index contributed by atoms with van der Waals surface area (Å²) in [7, 11) is 0. The Morgan fingerprint density at radius 3 is 2.33 bits per heavy atom. The molecule has 7 heteroatoms. The average molecular weight is 450 g/mol. The van der Waals surface area contributed by atoms with Crippen molar-refractivity contribution < 1.29 is 19.1 Å². The van der Waals surface area contributed by atoms with Gasteiger partial charge in [0.05, 0.1) is 17.7 Å². The number of amides is 3. The maximum Gasteiger partial charge on any atom is 0.261 e. The van der Waals surface area contributed by atoms with Gasteiger partial charge in [0.25, 0.3) is 11.8 Å². The van der Waals surface area contributed by atoms with Crippen LogP contribution < -0.4 is 4.74 Å². The number of imide groups is 1. The highest BCUT2D eigenvalue weighted by Crippen LogP contribution is 2.24. The van der Waals surface area contributed by atoms with Crippen LogP contribution in [-0.2, 0) is 11.3 Å². The molecule has 2 heterocycles. The van der Waals surface area contributed by atoms with Crippen molar-refractivity contribution in [1.29, 1.82) is 0 Å².